The van der Waals surface area contributed by atoms with E-state index in [0.717, 1.165) is 44.1 Å². The number of alkyl halides is 1. The molecule has 2 spiro atoms. The highest BCUT2D eigenvalue weighted by atomic mass is 35.5. The molecule has 0 amide bonds. The van der Waals surface area contributed by atoms with Gasteiger partial charge in [-0.05, 0) is 67.8 Å². The first kappa shape index (κ1) is 19.1. The van der Waals surface area contributed by atoms with Crippen LogP contribution in [0.5, 0.6) is 0 Å². The predicted octanol–water partition coefficient (Wildman–Crippen LogP) is 4.29. The molecule has 6 rings (SSSR count). The van der Waals surface area contributed by atoms with E-state index >= 15 is 0 Å². The van der Waals surface area contributed by atoms with Crippen LogP contribution in [0.3, 0.4) is 0 Å². The van der Waals surface area contributed by atoms with E-state index < -0.39 is 11.4 Å². The number of hydrogen-bond acceptors (Lipinski definition) is 4. The number of allylic oxidation sites excluding steroid dienone is 1. The first-order valence-electron chi connectivity index (χ1n) is 10.9. The fraction of sp³-hybridized carbons (Fsp3) is 0.826. The number of ether oxygens (including phenoxy) is 2. The zero-order valence-corrected chi connectivity index (χ0v) is 17.7. The first-order chi connectivity index (χ1) is 13.4. The molecule has 0 N–H and O–H groups in total. The van der Waals surface area contributed by atoms with Crippen LogP contribution in [0.25, 0.3) is 0 Å². The van der Waals surface area contributed by atoms with Gasteiger partial charge in [0.15, 0.2) is 5.78 Å². The molecule has 6 fully saturated rings. The number of rotatable bonds is 3. The summed E-state index contributed by atoms with van der Waals surface area (Å²) in [4.78, 5) is 25.9. The van der Waals surface area contributed by atoms with Gasteiger partial charge in [-0.3, -0.25) is 9.59 Å². The SMILES string of the molecule is C=C1C(=O)C23CCC1CC2C12CC1(OC)CCCC(C)C2CC3OC(=O)CCl. The smallest absolute Gasteiger partial charge is 0.321 e. The van der Waals surface area contributed by atoms with Gasteiger partial charge in [-0.1, -0.05) is 26.3 Å². The quantitative estimate of drug-likeness (QED) is 0.398. The molecule has 8 atom stereocenters. The normalized spacial score (nSPS) is 51.6. The molecule has 0 aliphatic heterocycles. The molecule has 28 heavy (non-hydrogen) atoms. The number of esters is 1. The maximum atomic E-state index is 13.7. The Morgan fingerprint density at radius 3 is 2.79 bits per heavy atom. The van der Waals surface area contributed by atoms with Crippen molar-refractivity contribution in [3.05, 3.63) is 12.2 Å². The van der Waals surface area contributed by atoms with Crippen LogP contribution in [0.15, 0.2) is 12.2 Å². The Morgan fingerprint density at radius 2 is 2.07 bits per heavy atom. The molecule has 5 heteroatoms. The van der Waals surface area contributed by atoms with Gasteiger partial charge in [0, 0.05) is 12.5 Å². The van der Waals surface area contributed by atoms with E-state index in [4.69, 9.17) is 21.1 Å². The Labute approximate surface area is 172 Å². The Balaban J connectivity index is 1.65. The Kier molecular flexibility index (Phi) is 4.15. The summed E-state index contributed by atoms with van der Waals surface area (Å²) in [6.07, 6.45) is 7.66. The number of ketones is 1. The maximum absolute atomic E-state index is 13.7. The minimum Gasteiger partial charge on any atom is -0.460 e. The maximum Gasteiger partial charge on any atom is 0.321 e. The fourth-order valence-electron chi connectivity index (χ4n) is 8.40. The van der Waals surface area contributed by atoms with Gasteiger partial charge in [0.2, 0.25) is 0 Å². The monoisotopic (exact) mass is 406 g/mol. The fourth-order valence-corrected chi connectivity index (χ4v) is 8.46. The van der Waals surface area contributed by atoms with Gasteiger partial charge in [-0.25, -0.2) is 0 Å². The Morgan fingerprint density at radius 1 is 1.29 bits per heavy atom. The highest BCUT2D eigenvalue weighted by Crippen LogP contribution is 2.81. The van der Waals surface area contributed by atoms with Gasteiger partial charge in [-0.15, -0.1) is 11.6 Å². The molecular formula is C23H31ClO4. The summed E-state index contributed by atoms with van der Waals surface area (Å²) in [6, 6.07) is 0. The highest BCUT2D eigenvalue weighted by molar-refractivity contribution is 6.26. The molecule has 0 aromatic carbocycles. The average molecular weight is 407 g/mol. The summed E-state index contributed by atoms with van der Waals surface area (Å²) in [5.41, 5.74) is 0.0978. The predicted molar refractivity (Wildman–Crippen MR) is 106 cm³/mol. The lowest BCUT2D eigenvalue weighted by atomic mass is 9.41. The van der Waals surface area contributed by atoms with Crippen LogP contribution in [-0.4, -0.2) is 36.4 Å². The van der Waals surface area contributed by atoms with Gasteiger partial charge < -0.3 is 9.47 Å². The number of carbonyl (C=O) groups is 2. The van der Waals surface area contributed by atoms with E-state index in [0.29, 0.717) is 11.8 Å². The van der Waals surface area contributed by atoms with Crippen LogP contribution >= 0.6 is 11.6 Å². The summed E-state index contributed by atoms with van der Waals surface area (Å²) >= 11 is 5.79. The van der Waals surface area contributed by atoms with Gasteiger partial charge in [-0.2, -0.15) is 0 Å². The van der Waals surface area contributed by atoms with E-state index in [-0.39, 0.29) is 40.6 Å². The van der Waals surface area contributed by atoms with Crippen LogP contribution in [0.4, 0.5) is 0 Å². The highest BCUT2D eigenvalue weighted by Gasteiger charge is 2.83. The molecule has 0 saturated heterocycles. The number of Topliss-reactive ketones (excluding diaryl/α,β-unsaturated/α-hetero) is 1. The summed E-state index contributed by atoms with van der Waals surface area (Å²) in [7, 11) is 1.86. The van der Waals surface area contributed by atoms with E-state index in [1.807, 2.05) is 7.11 Å². The van der Waals surface area contributed by atoms with Crippen LogP contribution in [-0.2, 0) is 19.1 Å². The number of fused-ring (bicyclic) bond motifs is 2. The van der Waals surface area contributed by atoms with Crippen LogP contribution in [0.2, 0.25) is 0 Å². The van der Waals surface area contributed by atoms with Crippen molar-refractivity contribution in [2.24, 2.45) is 34.5 Å². The molecule has 2 bridgehead atoms. The number of carbonyl (C=O) groups excluding carboxylic acids is 2. The lowest BCUT2D eigenvalue weighted by Crippen LogP contribution is -2.66. The Hall–Kier alpha value is -0.870. The minimum absolute atomic E-state index is 0.0522. The van der Waals surface area contributed by atoms with Crippen molar-refractivity contribution < 1.29 is 19.1 Å². The molecule has 4 nitrogen and oxygen atoms in total. The summed E-state index contributed by atoms with van der Waals surface area (Å²) in [6.45, 7) is 6.51. The van der Waals surface area contributed by atoms with Crippen molar-refractivity contribution in [2.75, 3.05) is 13.0 Å². The molecule has 6 saturated carbocycles. The van der Waals surface area contributed by atoms with Crippen molar-refractivity contribution in [1.82, 2.24) is 0 Å². The molecule has 154 valence electrons. The number of halogens is 1. The second-order valence-corrected chi connectivity index (χ2v) is 10.4. The van der Waals surface area contributed by atoms with E-state index in [2.05, 4.69) is 13.5 Å². The third kappa shape index (κ3) is 2.07. The van der Waals surface area contributed by atoms with Crippen LogP contribution in [0, 0.1) is 34.5 Å². The van der Waals surface area contributed by atoms with Crippen molar-refractivity contribution >= 4 is 23.4 Å². The average Bonchev–Trinajstić information content (AvgIpc) is 3.37. The van der Waals surface area contributed by atoms with E-state index in [9.17, 15) is 9.59 Å². The van der Waals surface area contributed by atoms with Crippen molar-refractivity contribution in [2.45, 2.75) is 70.0 Å². The second-order valence-electron chi connectivity index (χ2n) is 10.2. The van der Waals surface area contributed by atoms with Gasteiger partial charge in [0.1, 0.15) is 12.0 Å². The lowest BCUT2D eigenvalue weighted by Gasteiger charge is -2.62. The van der Waals surface area contributed by atoms with Crippen molar-refractivity contribution in [1.29, 1.82) is 0 Å². The second kappa shape index (κ2) is 6.07. The van der Waals surface area contributed by atoms with E-state index in [1.54, 1.807) is 0 Å². The van der Waals surface area contributed by atoms with Crippen molar-refractivity contribution in [3.8, 4) is 0 Å². The third-order valence-corrected chi connectivity index (χ3v) is 9.80. The standard InChI is InChI=1S/C23H31ClO4/c1-13-5-4-7-21(27-3)12-23(21)16(13)10-18(28-19(25)11-24)22-8-6-15(9-17(22)23)14(2)20(22)26/h13,15-18H,2,4-12H2,1,3H3. The molecule has 0 radical (unpaired) electrons. The number of methoxy groups -OCH3 is 1. The topological polar surface area (TPSA) is 52.6 Å². The lowest BCUT2D eigenvalue weighted by molar-refractivity contribution is -0.202. The molecule has 6 aliphatic carbocycles. The van der Waals surface area contributed by atoms with E-state index in [1.165, 1.54) is 12.8 Å². The molecule has 0 heterocycles. The third-order valence-electron chi connectivity index (χ3n) is 9.58. The van der Waals surface area contributed by atoms with Crippen LogP contribution < -0.4 is 0 Å². The first-order valence-corrected chi connectivity index (χ1v) is 11.4. The Bertz CT molecular complexity index is 749. The summed E-state index contributed by atoms with van der Waals surface area (Å²) < 4.78 is 12.2. The van der Waals surface area contributed by atoms with Gasteiger partial charge >= 0.3 is 5.97 Å². The molecule has 0 aromatic rings. The van der Waals surface area contributed by atoms with Gasteiger partial charge in [0.05, 0.1) is 11.0 Å². The summed E-state index contributed by atoms with van der Waals surface area (Å²) in [5.74, 6) is 1.08. The number of hydrogen-bond donors (Lipinski definition) is 0. The summed E-state index contributed by atoms with van der Waals surface area (Å²) in [5, 5.41) is 0. The van der Waals surface area contributed by atoms with Crippen LogP contribution in [0.1, 0.15) is 58.3 Å². The van der Waals surface area contributed by atoms with Gasteiger partial charge in [0.25, 0.3) is 0 Å². The minimum atomic E-state index is -0.617. The molecular weight excluding hydrogens is 376 g/mol. The molecule has 6 aliphatic rings. The zero-order valence-electron chi connectivity index (χ0n) is 17.0. The molecule has 0 aromatic heterocycles. The zero-order chi connectivity index (χ0) is 19.9. The largest absolute Gasteiger partial charge is 0.460 e. The molecule has 8 unspecified atom stereocenters. The van der Waals surface area contributed by atoms with Crippen molar-refractivity contribution in [3.63, 3.8) is 0 Å².